The predicted molar refractivity (Wildman–Crippen MR) is 129 cm³/mol. The predicted octanol–water partition coefficient (Wildman–Crippen LogP) is 4.84. The van der Waals surface area contributed by atoms with Crippen LogP contribution in [-0.4, -0.2) is 31.0 Å². The molecule has 3 aromatic rings. The molecule has 0 radical (unpaired) electrons. The monoisotopic (exact) mass is 486 g/mol. The van der Waals surface area contributed by atoms with Crippen molar-refractivity contribution in [3.8, 4) is 0 Å². The number of carboxylic acid groups (broad SMARTS) is 1. The molecule has 2 N–H and O–H groups in total. The zero-order valence-corrected chi connectivity index (χ0v) is 19.7. The Morgan fingerprint density at radius 2 is 1.73 bits per heavy atom. The van der Waals surface area contributed by atoms with E-state index in [1.54, 1.807) is 18.3 Å². The molecular weight excluding hydrogens is 460 g/mol. The van der Waals surface area contributed by atoms with E-state index in [2.05, 4.69) is 9.71 Å². The van der Waals surface area contributed by atoms with Gasteiger partial charge < -0.3 is 5.11 Å². The van der Waals surface area contributed by atoms with Crippen LogP contribution in [0.5, 0.6) is 0 Å². The molecule has 0 fully saturated rings. The van der Waals surface area contributed by atoms with Crippen molar-refractivity contribution >= 4 is 27.6 Å². The lowest BCUT2D eigenvalue weighted by molar-refractivity contribution is -0.136. The number of nitrogens with one attached hydrogen (secondary N) is 1. The Balaban J connectivity index is 1.70. The molecule has 33 heavy (non-hydrogen) atoms. The van der Waals surface area contributed by atoms with E-state index in [9.17, 15) is 13.2 Å². The van der Waals surface area contributed by atoms with Gasteiger partial charge in [0.25, 0.3) is 0 Å². The fourth-order valence-corrected chi connectivity index (χ4v) is 4.81. The molecule has 8 heteroatoms. The molecule has 0 bridgehead atoms. The Hall–Kier alpha value is -2.74. The summed E-state index contributed by atoms with van der Waals surface area (Å²) in [6.07, 6.45) is 6.63. The van der Waals surface area contributed by atoms with Crippen LogP contribution in [-0.2, 0) is 27.7 Å². The minimum Gasteiger partial charge on any atom is -0.481 e. The van der Waals surface area contributed by atoms with Gasteiger partial charge in [0.1, 0.15) is 0 Å². The van der Waals surface area contributed by atoms with Gasteiger partial charge in [-0.3, -0.25) is 9.78 Å². The molecule has 0 aliphatic carbocycles. The lowest BCUT2D eigenvalue weighted by Crippen LogP contribution is -2.28. The van der Waals surface area contributed by atoms with Gasteiger partial charge in [-0.15, -0.1) is 0 Å². The Kier molecular flexibility index (Phi) is 9.00. The molecule has 0 aliphatic heterocycles. The molecule has 174 valence electrons. The number of hydrogen-bond donors (Lipinski definition) is 2. The average Bonchev–Trinajstić information content (AvgIpc) is 2.81. The molecule has 1 atom stereocenters. The lowest BCUT2D eigenvalue weighted by atomic mass is 9.92. The number of hydrogen-bond acceptors (Lipinski definition) is 4. The molecule has 0 amide bonds. The third kappa shape index (κ3) is 7.96. The van der Waals surface area contributed by atoms with E-state index < -0.39 is 16.0 Å². The summed E-state index contributed by atoms with van der Waals surface area (Å²) in [6.45, 7) is 0.256. The number of halogens is 1. The van der Waals surface area contributed by atoms with Crippen LogP contribution in [0.4, 0.5) is 0 Å². The molecule has 3 rings (SSSR count). The maximum atomic E-state index is 12.8. The van der Waals surface area contributed by atoms with E-state index in [-0.39, 0.29) is 23.8 Å². The number of carbonyl (C=O) groups is 1. The van der Waals surface area contributed by atoms with Gasteiger partial charge in [0.05, 0.1) is 4.90 Å². The zero-order valence-electron chi connectivity index (χ0n) is 18.2. The van der Waals surface area contributed by atoms with Crippen molar-refractivity contribution < 1.29 is 18.3 Å². The summed E-state index contributed by atoms with van der Waals surface area (Å²) in [4.78, 5) is 15.1. The first-order chi connectivity index (χ1) is 15.8. The van der Waals surface area contributed by atoms with Crippen LogP contribution in [0, 0.1) is 0 Å². The highest BCUT2D eigenvalue weighted by molar-refractivity contribution is 7.89. The Bertz CT molecular complexity index is 1140. The Morgan fingerprint density at radius 3 is 2.36 bits per heavy atom. The number of aromatic nitrogens is 1. The van der Waals surface area contributed by atoms with Gasteiger partial charge in [-0.25, -0.2) is 13.1 Å². The number of nitrogens with zero attached hydrogens (tertiary/aromatic N) is 1. The molecule has 0 aliphatic rings. The number of carboxylic acids is 1. The topological polar surface area (TPSA) is 96.4 Å². The molecular formula is C25H27ClN2O4S. The van der Waals surface area contributed by atoms with Crippen molar-refractivity contribution in [3.63, 3.8) is 0 Å². The van der Waals surface area contributed by atoms with Crippen molar-refractivity contribution in [2.24, 2.45) is 0 Å². The second kappa shape index (κ2) is 11.9. The van der Waals surface area contributed by atoms with Crippen molar-refractivity contribution in [1.82, 2.24) is 9.71 Å². The molecule has 1 unspecified atom stereocenters. The highest BCUT2D eigenvalue weighted by atomic mass is 35.5. The van der Waals surface area contributed by atoms with Crippen LogP contribution in [0.2, 0.25) is 5.02 Å². The van der Waals surface area contributed by atoms with E-state index in [1.807, 2.05) is 42.6 Å². The van der Waals surface area contributed by atoms with Gasteiger partial charge in [-0.1, -0.05) is 41.9 Å². The summed E-state index contributed by atoms with van der Waals surface area (Å²) >= 11 is 5.88. The largest absolute Gasteiger partial charge is 0.481 e. The van der Waals surface area contributed by atoms with Crippen molar-refractivity contribution in [3.05, 3.63) is 94.8 Å². The Labute approximate surface area is 199 Å². The molecule has 2 aromatic carbocycles. The van der Waals surface area contributed by atoms with Crippen molar-refractivity contribution in [1.29, 1.82) is 0 Å². The lowest BCUT2D eigenvalue weighted by Gasteiger charge is -2.19. The number of benzene rings is 2. The van der Waals surface area contributed by atoms with Gasteiger partial charge in [0.2, 0.25) is 10.0 Å². The third-order valence-electron chi connectivity index (χ3n) is 5.46. The first-order valence-corrected chi connectivity index (χ1v) is 12.6. The number of aliphatic carboxylic acids is 1. The fraction of sp³-hybridized carbons (Fsp3) is 0.280. The summed E-state index contributed by atoms with van der Waals surface area (Å²) in [5.41, 5.74) is 3.10. The van der Waals surface area contributed by atoms with Crippen LogP contribution in [0.3, 0.4) is 0 Å². The van der Waals surface area contributed by atoms with E-state index in [4.69, 9.17) is 16.7 Å². The summed E-state index contributed by atoms with van der Waals surface area (Å²) in [7, 11) is -3.67. The van der Waals surface area contributed by atoms with Gasteiger partial charge in [-0.2, -0.15) is 0 Å². The first kappa shape index (κ1) is 24.9. The van der Waals surface area contributed by atoms with Gasteiger partial charge >= 0.3 is 5.97 Å². The Morgan fingerprint density at radius 1 is 1.00 bits per heavy atom. The number of sulfonamides is 1. The van der Waals surface area contributed by atoms with Crippen LogP contribution in [0.15, 0.2) is 78.0 Å². The van der Waals surface area contributed by atoms with Gasteiger partial charge in [0, 0.05) is 30.4 Å². The van der Waals surface area contributed by atoms with Crippen LogP contribution in [0.1, 0.15) is 41.9 Å². The molecule has 0 spiro atoms. The highest BCUT2D eigenvalue weighted by Crippen LogP contribution is 2.24. The van der Waals surface area contributed by atoms with Gasteiger partial charge in [-0.05, 0) is 78.6 Å². The van der Waals surface area contributed by atoms with Crippen LogP contribution < -0.4 is 4.72 Å². The number of aryl methyl sites for hydroxylation is 2. The zero-order chi connectivity index (χ0) is 23.7. The minimum absolute atomic E-state index is 0.0303. The second-order valence-corrected chi connectivity index (χ2v) is 10.1. The number of rotatable bonds is 12. The minimum atomic E-state index is -3.67. The SMILES string of the molecule is O=C(O)CCc1ccc(C(CCCc2cccnc2)CNS(=O)(=O)c2ccc(Cl)cc2)cc1. The van der Waals surface area contributed by atoms with Gasteiger partial charge in [0.15, 0.2) is 0 Å². The highest BCUT2D eigenvalue weighted by Gasteiger charge is 2.18. The fourth-order valence-electron chi connectivity index (χ4n) is 3.60. The number of pyridine rings is 1. The first-order valence-electron chi connectivity index (χ1n) is 10.8. The molecule has 6 nitrogen and oxygen atoms in total. The quantitative estimate of drug-likeness (QED) is 0.382. The third-order valence-corrected chi connectivity index (χ3v) is 7.15. The van der Waals surface area contributed by atoms with E-state index in [1.165, 1.54) is 12.1 Å². The molecule has 0 saturated heterocycles. The van der Waals surface area contributed by atoms with Crippen LogP contribution >= 0.6 is 11.6 Å². The summed E-state index contributed by atoms with van der Waals surface area (Å²) in [6, 6.07) is 17.8. The standard InChI is InChI=1S/C25H27ClN2O4S/c26-23-11-13-24(14-12-23)33(31,32)28-18-22(5-1-3-20-4-2-16-27-17-20)21-9-6-19(7-10-21)8-15-25(29)30/h2,4,6-7,9-14,16-17,22,28H,1,3,5,8,15,18H2,(H,29,30). The van der Waals surface area contributed by atoms with Crippen molar-refractivity contribution in [2.75, 3.05) is 6.54 Å². The second-order valence-electron chi connectivity index (χ2n) is 7.89. The smallest absolute Gasteiger partial charge is 0.303 e. The van der Waals surface area contributed by atoms with E-state index in [0.29, 0.717) is 11.4 Å². The molecule has 1 aromatic heterocycles. The molecule has 1 heterocycles. The maximum Gasteiger partial charge on any atom is 0.303 e. The van der Waals surface area contributed by atoms with E-state index >= 15 is 0 Å². The van der Waals surface area contributed by atoms with Crippen LogP contribution in [0.25, 0.3) is 0 Å². The normalized spacial score (nSPS) is 12.4. The summed E-state index contributed by atoms with van der Waals surface area (Å²) in [5, 5.41) is 9.36. The van der Waals surface area contributed by atoms with Crippen molar-refractivity contribution in [2.45, 2.75) is 42.9 Å². The maximum absolute atomic E-state index is 12.8. The van der Waals surface area contributed by atoms with E-state index in [0.717, 1.165) is 36.0 Å². The molecule has 0 saturated carbocycles. The summed E-state index contributed by atoms with van der Waals surface area (Å²) < 4.78 is 28.3. The average molecular weight is 487 g/mol. The summed E-state index contributed by atoms with van der Waals surface area (Å²) in [5.74, 6) is -0.860.